The Morgan fingerprint density at radius 3 is 2.96 bits per heavy atom. The molecule has 0 bridgehead atoms. The lowest BCUT2D eigenvalue weighted by atomic mass is 10.00. The molecule has 134 valence electrons. The maximum absolute atomic E-state index is 12.8. The lowest BCUT2D eigenvalue weighted by Crippen LogP contribution is -2.38. The maximum atomic E-state index is 12.8. The number of hydrogen-bond acceptors (Lipinski definition) is 4. The number of piperidine rings is 1. The molecule has 0 saturated carbocycles. The number of carbonyl (C=O) groups is 1. The minimum absolute atomic E-state index is 0.237. The summed E-state index contributed by atoms with van der Waals surface area (Å²) in [6, 6.07) is 4.97. The van der Waals surface area contributed by atoms with Gasteiger partial charge in [0, 0.05) is 17.5 Å². The van der Waals surface area contributed by atoms with Crippen molar-refractivity contribution >= 4 is 17.2 Å². The number of carbonyl (C=O) groups excluding carboxylic acids is 1. The standard InChI is InChI=1S/C17H18F3N3OS/c18-17(19,20)13-5-1-4-12(7-13)16-23-14(10-25-16)15(24)22-9-11-3-2-6-21-8-11/h1,4-5,7,10-11,21H,2-3,6,8-9H2,(H,22,24). The van der Waals surface area contributed by atoms with Gasteiger partial charge in [0.15, 0.2) is 0 Å². The van der Waals surface area contributed by atoms with Gasteiger partial charge in [0.25, 0.3) is 5.91 Å². The third kappa shape index (κ3) is 4.58. The quantitative estimate of drug-likeness (QED) is 0.867. The molecule has 2 aromatic rings. The van der Waals surface area contributed by atoms with Crippen LogP contribution in [-0.4, -0.2) is 30.5 Å². The number of nitrogens with one attached hydrogen (secondary N) is 2. The van der Waals surface area contributed by atoms with E-state index in [1.54, 1.807) is 11.4 Å². The van der Waals surface area contributed by atoms with Crippen LogP contribution in [0.15, 0.2) is 29.6 Å². The third-order valence-corrected chi connectivity index (χ3v) is 5.02. The monoisotopic (exact) mass is 369 g/mol. The summed E-state index contributed by atoms with van der Waals surface area (Å²) in [5, 5.41) is 8.11. The number of nitrogens with zero attached hydrogens (tertiary/aromatic N) is 1. The maximum Gasteiger partial charge on any atom is 0.416 e. The Bertz CT molecular complexity index is 739. The van der Waals surface area contributed by atoms with Crippen LogP contribution in [0.3, 0.4) is 0 Å². The van der Waals surface area contributed by atoms with Crippen LogP contribution in [-0.2, 0) is 6.18 Å². The van der Waals surface area contributed by atoms with Crippen molar-refractivity contribution in [1.29, 1.82) is 0 Å². The second kappa shape index (κ2) is 7.53. The van der Waals surface area contributed by atoms with Crippen LogP contribution in [0.2, 0.25) is 0 Å². The number of alkyl halides is 3. The molecule has 1 unspecified atom stereocenters. The van der Waals surface area contributed by atoms with Crippen LogP contribution in [0, 0.1) is 5.92 Å². The average molecular weight is 369 g/mol. The van der Waals surface area contributed by atoms with Gasteiger partial charge in [-0.2, -0.15) is 13.2 Å². The molecular formula is C17H18F3N3OS. The third-order valence-electron chi connectivity index (χ3n) is 4.12. The molecule has 3 rings (SSSR count). The lowest BCUT2D eigenvalue weighted by Gasteiger charge is -2.22. The first-order chi connectivity index (χ1) is 11.9. The van der Waals surface area contributed by atoms with E-state index in [4.69, 9.17) is 0 Å². The van der Waals surface area contributed by atoms with E-state index in [-0.39, 0.29) is 11.6 Å². The number of halogens is 3. The molecule has 2 N–H and O–H groups in total. The van der Waals surface area contributed by atoms with Gasteiger partial charge in [-0.05, 0) is 44.0 Å². The first kappa shape index (κ1) is 17.9. The smallest absolute Gasteiger partial charge is 0.350 e. The fraction of sp³-hybridized carbons (Fsp3) is 0.412. The van der Waals surface area contributed by atoms with Crippen molar-refractivity contribution in [1.82, 2.24) is 15.6 Å². The largest absolute Gasteiger partial charge is 0.416 e. The van der Waals surface area contributed by atoms with Gasteiger partial charge in [-0.25, -0.2) is 4.98 Å². The van der Waals surface area contributed by atoms with Gasteiger partial charge in [-0.15, -0.1) is 11.3 Å². The van der Waals surface area contributed by atoms with Crippen LogP contribution in [0.4, 0.5) is 13.2 Å². The normalized spacial score (nSPS) is 18.1. The van der Waals surface area contributed by atoms with Gasteiger partial charge in [-0.1, -0.05) is 12.1 Å². The highest BCUT2D eigenvalue weighted by Crippen LogP contribution is 2.33. The summed E-state index contributed by atoms with van der Waals surface area (Å²) >= 11 is 1.16. The molecule has 8 heteroatoms. The Labute approximate surface area is 147 Å². The Morgan fingerprint density at radius 1 is 1.40 bits per heavy atom. The molecule has 0 spiro atoms. The Kier molecular flexibility index (Phi) is 5.39. The minimum atomic E-state index is -4.40. The molecule has 1 amide bonds. The van der Waals surface area contributed by atoms with Gasteiger partial charge < -0.3 is 10.6 Å². The van der Waals surface area contributed by atoms with E-state index in [9.17, 15) is 18.0 Å². The van der Waals surface area contributed by atoms with Crippen molar-refractivity contribution in [3.63, 3.8) is 0 Å². The number of hydrogen-bond donors (Lipinski definition) is 2. The molecule has 1 aromatic heterocycles. The van der Waals surface area contributed by atoms with Gasteiger partial charge in [0.1, 0.15) is 10.7 Å². The highest BCUT2D eigenvalue weighted by atomic mass is 32.1. The Hall–Kier alpha value is -1.93. The van der Waals surface area contributed by atoms with Crippen LogP contribution in [0.25, 0.3) is 10.6 Å². The Morgan fingerprint density at radius 2 is 2.24 bits per heavy atom. The van der Waals surface area contributed by atoms with E-state index in [0.717, 1.165) is 49.4 Å². The van der Waals surface area contributed by atoms with E-state index < -0.39 is 11.7 Å². The molecule has 1 fully saturated rings. The molecule has 1 aliphatic heterocycles. The van der Waals surface area contributed by atoms with Gasteiger partial charge in [0.2, 0.25) is 0 Å². The van der Waals surface area contributed by atoms with Crippen LogP contribution in [0.1, 0.15) is 28.9 Å². The molecule has 1 atom stereocenters. The predicted molar refractivity (Wildman–Crippen MR) is 90.5 cm³/mol. The molecule has 4 nitrogen and oxygen atoms in total. The summed E-state index contributed by atoms with van der Waals surface area (Å²) in [4.78, 5) is 16.4. The molecule has 1 saturated heterocycles. The second-order valence-corrected chi connectivity index (χ2v) is 6.90. The summed E-state index contributed by atoms with van der Waals surface area (Å²) in [6.07, 6.45) is -2.24. The highest BCUT2D eigenvalue weighted by molar-refractivity contribution is 7.13. The SMILES string of the molecule is O=C(NCC1CCCNC1)c1csc(-c2cccc(C(F)(F)F)c2)n1. The molecule has 25 heavy (non-hydrogen) atoms. The van der Waals surface area contributed by atoms with Gasteiger partial charge in [-0.3, -0.25) is 4.79 Å². The predicted octanol–water partition coefficient (Wildman–Crippen LogP) is 3.56. The van der Waals surface area contributed by atoms with Gasteiger partial charge >= 0.3 is 6.18 Å². The minimum Gasteiger partial charge on any atom is -0.350 e. The van der Waals surface area contributed by atoms with E-state index in [0.29, 0.717) is 23.0 Å². The van der Waals surface area contributed by atoms with Gasteiger partial charge in [0.05, 0.1) is 5.56 Å². The van der Waals surface area contributed by atoms with Crippen LogP contribution >= 0.6 is 11.3 Å². The summed E-state index contributed by atoms with van der Waals surface area (Å²) in [5.41, 5.74) is -0.132. The van der Waals surface area contributed by atoms with E-state index in [1.165, 1.54) is 6.07 Å². The Balaban J connectivity index is 1.66. The van der Waals surface area contributed by atoms with Crippen molar-refractivity contribution in [3.8, 4) is 10.6 Å². The van der Waals surface area contributed by atoms with Crippen molar-refractivity contribution in [2.75, 3.05) is 19.6 Å². The summed E-state index contributed by atoms with van der Waals surface area (Å²) in [7, 11) is 0. The van der Waals surface area contributed by atoms with E-state index >= 15 is 0 Å². The molecule has 1 aliphatic rings. The first-order valence-electron chi connectivity index (χ1n) is 8.05. The first-order valence-corrected chi connectivity index (χ1v) is 8.93. The fourth-order valence-corrected chi connectivity index (χ4v) is 3.56. The zero-order chi connectivity index (χ0) is 17.9. The number of thiazole rings is 1. The molecule has 0 radical (unpaired) electrons. The molecular weight excluding hydrogens is 351 g/mol. The van der Waals surface area contributed by atoms with Crippen LogP contribution < -0.4 is 10.6 Å². The second-order valence-electron chi connectivity index (χ2n) is 6.04. The van der Waals surface area contributed by atoms with E-state index in [1.807, 2.05) is 0 Å². The number of benzene rings is 1. The average Bonchev–Trinajstić information content (AvgIpc) is 3.10. The zero-order valence-corrected chi connectivity index (χ0v) is 14.2. The number of amides is 1. The highest BCUT2D eigenvalue weighted by Gasteiger charge is 2.30. The molecule has 0 aliphatic carbocycles. The van der Waals surface area contributed by atoms with Crippen molar-refractivity contribution in [3.05, 3.63) is 40.9 Å². The fourth-order valence-electron chi connectivity index (χ4n) is 2.76. The van der Waals surface area contributed by atoms with Crippen molar-refractivity contribution < 1.29 is 18.0 Å². The van der Waals surface area contributed by atoms with E-state index in [2.05, 4.69) is 15.6 Å². The van der Waals surface area contributed by atoms with Crippen molar-refractivity contribution in [2.24, 2.45) is 5.92 Å². The zero-order valence-electron chi connectivity index (χ0n) is 13.4. The number of aromatic nitrogens is 1. The summed E-state index contributed by atoms with van der Waals surface area (Å²) in [5.74, 6) is 0.110. The molecule has 1 aromatic carbocycles. The topological polar surface area (TPSA) is 54.0 Å². The summed E-state index contributed by atoms with van der Waals surface area (Å²) in [6.45, 7) is 2.46. The lowest BCUT2D eigenvalue weighted by molar-refractivity contribution is -0.137. The summed E-state index contributed by atoms with van der Waals surface area (Å²) < 4.78 is 38.4. The molecule has 2 heterocycles. The van der Waals surface area contributed by atoms with Crippen molar-refractivity contribution in [2.45, 2.75) is 19.0 Å². The van der Waals surface area contributed by atoms with Crippen LogP contribution in [0.5, 0.6) is 0 Å². The number of rotatable bonds is 4.